The summed E-state index contributed by atoms with van der Waals surface area (Å²) in [6.45, 7) is 0. The first-order valence-electron chi connectivity index (χ1n) is 8.88. The van der Waals surface area contributed by atoms with Crippen LogP contribution in [0.2, 0.25) is 0 Å². The summed E-state index contributed by atoms with van der Waals surface area (Å²) in [5.74, 6) is 0.872. The smallest absolute Gasteiger partial charge is 0.118 e. The first kappa shape index (κ1) is 16.8. The average molecular weight is 325 g/mol. The Morgan fingerprint density at radius 1 is 0.958 bits per heavy atom. The molecule has 0 heterocycles. The highest BCUT2D eigenvalue weighted by Crippen LogP contribution is 2.35. The van der Waals surface area contributed by atoms with Crippen molar-refractivity contribution >= 4 is 5.69 Å². The van der Waals surface area contributed by atoms with Crippen LogP contribution in [0, 0.1) is 0 Å². The second-order valence-electron chi connectivity index (χ2n) is 6.39. The van der Waals surface area contributed by atoms with Crippen molar-refractivity contribution in [3.8, 4) is 5.75 Å². The van der Waals surface area contributed by atoms with Gasteiger partial charge in [-0.05, 0) is 36.6 Å². The molecule has 3 nitrogen and oxygen atoms in total. The summed E-state index contributed by atoms with van der Waals surface area (Å²) >= 11 is 0. The van der Waals surface area contributed by atoms with Gasteiger partial charge in [0.1, 0.15) is 11.9 Å². The van der Waals surface area contributed by atoms with Gasteiger partial charge >= 0.3 is 0 Å². The van der Waals surface area contributed by atoms with Crippen LogP contribution in [-0.2, 0) is 4.74 Å². The first-order valence-corrected chi connectivity index (χ1v) is 8.88. The topological polar surface area (TPSA) is 30.5 Å². The van der Waals surface area contributed by atoms with Gasteiger partial charge in [-0.3, -0.25) is 0 Å². The fourth-order valence-corrected chi connectivity index (χ4v) is 3.46. The van der Waals surface area contributed by atoms with Crippen LogP contribution in [0.3, 0.4) is 0 Å². The van der Waals surface area contributed by atoms with Crippen molar-refractivity contribution in [1.29, 1.82) is 0 Å². The Kier molecular flexibility index (Phi) is 5.76. The normalized spacial score (nSPS) is 16.6. The third-order valence-corrected chi connectivity index (χ3v) is 4.81. The molecule has 0 bridgehead atoms. The Labute approximate surface area is 145 Å². The van der Waals surface area contributed by atoms with E-state index in [1.165, 1.54) is 30.4 Å². The second kappa shape index (κ2) is 8.20. The standard InChI is InChI=1S/C21H27NO2/c1-22-20-11-7-6-10-19(20)21(24-18-8-4-3-5-9-18)16-12-14-17(23-2)15-13-16/h6-7,10-15,18,21-22H,3-5,8-9H2,1-2H3/t21-/m0/s1. The van der Waals surface area contributed by atoms with E-state index in [1.807, 2.05) is 19.2 Å². The summed E-state index contributed by atoms with van der Waals surface area (Å²) in [7, 11) is 3.66. The lowest BCUT2D eigenvalue weighted by molar-refractivity contribution is -0.0116. The van der Waals surface area contributed by atoms with E-state index < -0.39 is 0 Å². The molecule has 2 aromatic carbocycles. The van der Waals surface area contributed by atoms with Crippen LogP contribution >= 0.6 is 0 Å². The molecule has 1 aliphatic carbocycles. The van der Waals surface area contributed by atoms with Crippen LogP contribution < -0.4 is 10.1 Å². The SMILES string of the molecule is CNc1ccccc1[C@@H](OC1CCCCC1)c1ccc(OC)cc1. The molecule has 3 rings (SSSR count). The minimum atomic E-state index is -0.0531. The maximum atomic E-state index is 6.60. The zero-order chi connectivity index (χ0) is 16.8. The lowest BCUT2D eigenvalue weighted by atomic mass is 9.95. The second-order valence-corrected chi connectivity index (χ2v) is 6.39. The van der Waals surface area contributed by atoms with E-state index in [4.69, 9.17) is 9.47 Å². The fourth-order valence-electron chi connectivity index (χ4n) is 3.46. The summed E-state index contributed by atoms with van der Waals surface area (Å²) in [5.41, 5.74) is 3.48. The number of methoxy groups -OCH3 is 1. The summed E-state index contributed by atoms with van der Waals surface area (Å²) in [6.07, 6.45) is 6.49. The van der Waals surface area contributed by atoms with E-state index in [2.05, 4.69) is 41.7 Å². The molecule has 0 unspecified atom stereocenters. The molecule has 1 aliphatic rings. The van der Waals surface area contributed by atoms with E-state index >= 15 is 0 Å². The highest BCUT2D eigenvalue weighted by atomic mass is 16.5. The monoisotopic (exact) mass is 325 g/mol. The van der Waals surface area contributed by atoms with E-state index in [9.17, 15) is 0 Å². The molecular formula is C21H27NO2. The number of para-hydroxylation sites is 1. The van der Waals surface area contributed by atoms with Gasteiger partial charge in [0.25, 0.3) is 0 Å². The highest BCUT2D eigenvalue weighted by Gasteiger charge is 2.23. The van der Waals surface area contributed by atoms with Gasteiger partial charge in [0.2, 0.25) is 0 Å². The van der Waals surface area contributed by atoms with Crippen molar-refractivity contribution < 1.29 is 9.47 Å². The van der Waals surface area contributed by atoms with E-state index in [-0.39, 0.29) is 6.10 Å². The van der Waals surface area contributed by atoms with E-state index in [0.717, 1.165) is 24.3 Å². The minimum absolute atomic E-state index is 0.0531. The molecule has 0 radical (unpaired) electrons. The van der Waals surface area contributed by atoms with Crippen molar-refractivity contribution in [2.24, 2.45) is 0 Å². The summed E-state index contributed by atoms with van der Waals surface area (Å²) in [5, 5.41) is 3.30. The zero-order valence-corrected chi connectivity index (χ0v) is 14.6. The number of anilines is 1. The molecule has 24 heavy (non-hydrogen) atoms. The van der Waals surface area contributed by atoms with Gasteiger partial charge < -0.3 is 14.8 Å². The van der Waals surface area contributed by atoms with Crippen molar-refractivity contribution in [2.45, 2.75) is 44.3 Å². The predicted octanol–water partition coefficient (Wildman–Crippen LogP) is 5.18. The maximum Gasteiger partial charge on any atom is 0.118 e. The number of ether oxygens (including phenoxy) is 2. The molecule has 0 aromatic heterocycles. The number of hydrogen-bond donors (Lipinski definition) is 1. The molecule has 0 amide bonds. The van der Waals surface area contributed by atoms with Crippen molar-refractivity contribution in [1.82, 2.24) is 0 Å². The summed E-state index contributed by atoms with van der Waals surface area (Å²) in [4.78, 5) is 0. The summed E-state index contributed by atoms with van der Waals surface area (Å²) < 4.78 is 11.9. The van der Waals surface area contributed by atoms with Crippen LogP contribution in [0.4, 0.5) is 5.69 Å². The number of hydrogen-bond acceptors (Lipinski definition) is 3. The van der Waals surface area contributed by atoms with Crippen LogP contribution in [0.5, 0.6) is 5.75 Å². The molecule has 0 aliphatic heterocycles. The van der Waals surface area contributed by atoms with Crippen LogP contribution in [-0.4, -0.2) is 20.3 Å². The molecule has 1 N–H and O–H groups in total. The largest absolute Gasteiger partial charge is 0.497 e. The van der Waals surface area contributed by atoms with Crippen molar-refractivity contribution in [2.75, 3.05) is 19.5 Å². The molecular weight excluding hydrogens is 298 g/mol. The van der Waals surface area contributed by atoms with E-state index in [1.54, 1.807) is 7.11 Å². The van der Waals surface area contributed by atoms with Crippen LogP contribution in [0.25, 0.3) is 0 Å². The van der Waals surface area contributed by atoms with Gasteiger partial charge in [-0.15, -0.1) is 0 Å². The molecule has 1 saturated carbocycles. The summed E-state index contributed by atoms with van der Waals surface area (Å²) in [6, 6.07) is 16.6. The maximum absolute atomic E-state index is 6.60. The molecule has 0 spiro atoms. The van der Waals surface area contributed by atoms with Gasteiger partial charge in [0, 0.05) is 18.3 Å². The van der Waals surface area contributed by atoms with Gasteiger partial charge in [0.15, 0.2) is 0 Å². The fraction of sp³-hybridized carbons (Fsp3) is 0.429. The first-order chi connectivity index (χ1) is 11.8. The lowest BCUT2D eigenvalue weighted by Gasteiger charge is -2.29. The zero-order valence-electron chi connectivity index (χ0n) is 14.6. The quantitative estimate of drug-likeness (QED) is 0.794. The Balaban J connectivity index is 1.92. The molecule has 128 valence electrons. The Hall–Kier alpha value is -2.00. The lowest BCUT2D eigenvalue weighted by Crippen LogP contribution is -2.21. The Bertz CT molecular complexity index is 633. The van der Waals surface area contributed by atoms with Crippen molar-refractivity contribution in [3.05, 3.63) is 59.7 Å². The third kappa shape index (κ3) is 3.90. The average Bonchev–Trinajstić information content (AvgIpc) is 2.67. The third-order valence-electron chi connectivity index (χ3n) is 4.81. The number of nitrogens with one attached hydrogen (secondary N) is 1. The predicted molar refractivity (Wildman–Crippen MR) is 98.8 cm³/mol. The van der Waals surface area contributed by atoms with Gasteiger partial charge in [-0.2, -0.15) is 0 Å². The van der Waals surface area contributed by atoms with Gasteiger partial charge in [0.05, 0.1) is 13.2 Å². The molecule has 1 fully saturated rings. The van der Waals surface area contributed by atoms with Crippen molar-refractivity contribution in [3.63, 3.8) is 0 Å². The van der Waals surface area contributed by atoms with Gasteiger partial charge in [-0.1, -0.05) is 49.6 Å². The minimum Gasteiger partial charge on any atom is -0.497 e. The molecule has 2 aromatic rings. The highest BCUT2D eigenvalue weighted by molar-refractivity contribution is 5.54. The number of rotatable bonds is 6. The van der Waals surface area contributed by atoms with Crippen LogP contribution in [0.1, 0.15) is 49.3 Å². The van der Waals surface area contributed by atoms with Gasteiger partial charge in [-0.25, -0.2) is 0 Å². The van der Waals surface area contributed by atoms with Crippen LogP contribution in [0.15, 0.2) is 48.5 Å². The molecule has 1 atom stereocenters. The Morgan fingerprint density at radius 3 is 2.33 bits per heavy atom. The van der Waals surface area contributed by atoms with E-state index in [0.29, 0.717) is 6.10 Å². The molecule has 0 saturated heterocycles. The Morgan fingerprint density at radius 2 is 1.67 bits per heavy atom. The number of benzene rings is 2. The molecule has 3 heteroatoms.